The van der Waals surface area contributed by atoms with Crippen molar-refractivity contribution in [3.05, 3.63) is 24.0 Å². The number of hydrogen-bond acceptors (Lipinski definition) is 6. The predicted octanol–water partition coefficient (Wildman–Crippen LogP) is 2.43. The molecular formula is C12H11F3N2O4S. The van der Waals surface area contributed by atoms with Crippen LogP contribution in [0.25, 0.3) is 10.9 Å². The van der Waals surface area contributed by atoms with Crippen molar-refractivity contribution in [3.8, 4) is 11.6 Å². The van der Waals surface area contributed by atoms with E-state index in [1.54, 1.807) is 6.92 Å². The molecule has 0 spiro atoms. The van der Waals surface area contributed by atoms with Crippen LogP contribution in [0.15, 0.2) is 18.3 Å². The van der Waals surface area contributed by atoms with E-state index in [9.17, 15) is 21.6 Å². The second-order valence-electron chi connectivity index (χ2n) is 4.16. The first-order valence-electron chi connectivity index (χ1n) is 6.03. The lowest BCUT2D eigenvalue weighted by atomic mass is 10.2. The molecule has 0 radical (unpaired) electrons. The molecule has 120 valence electrons. The van der Waals surface area contributed by atoms with Gasteiger partial charge in [0.05, 0.1) is 12.5 Å². The fourth-order valence-corrected chi connectivity index (χ4v) is 2.19. The van der Waals surface area contributed by atoms with Gasteiger partial charge in [0.1, 0.15) is 5.52 Å². The number of fused-ring (bicyclic) bond motifs is 1. The van der Waals surface area contributed by atoms with Gasteiger partial charge in [-0.3, -0.25) is 4.98 Å². The number of alkyl halides is 3. The quantitative estimate of drug-likeness (QED) is 0.630. The number of ether oxygens (including phenoxy) is 1. The van der Waals surface area contributed by atoms with E-state index < -0.39 is 21.4 Å². The number of pyridine rings is 2. The fraction of sp³-hybridized carbons (Fsp3) is 0.333. The molecule has 22 heavy (non-hydrogen) atoms. The van der Waals surface area contributed by atoms with Gasteiger partial charge in [0.25, 0.3) is 0 Å². The number of rotatable bonds is 4. The van der Waals surface area contributed by atoms with Crippen LogP contribution in [0.3, 0.4) is 0 Å². The topological polar surface area (TPSA) is 78.4 Å². The van der Waals surface area contributed by atoms with Gasteiger partial charge >= 0.3 is 15.6 Å². The van der Waals surface area contributed by atoms with Crippen LogP contribution < -0.4 is 8.92 Å². The normalized spacial score (nSPS) is 12.4. The molecule has 0 aromatic carbocycles. The number of aryl methyl sites for hydroxylation is 1. The summed E-state index contributed by atoms with van der Waals surface area (Å²) in [5.74, 6) is -0.415. The number of halogens is 3. The molecule has 0 atom stereocenters. The number of hydrogen-bond donors (Lipinski definition) is 0. The molecule has 2 rings (SSSR count). The molecule has 0 aliphatic rings. The summed E-state index contributed by atoms with van der Waals surface area (Å²) in [5.41, 5.74) is -4.92. The molecule has 2 heterocycles. The Morgan fingerprint density at radius 2 is 2.00 bits per heavy atom. The monoisotopic (exact) mass is 336 g/mol. The van der Waals surface area contributed by atoms with Gasteiger partial charge in [-0.05, 0) is 12.5 Å². The van der Waals surface area contributed by atoms with E-state index in [-0.39, 0.29) is 16.8 Å². The Morgan fingerprint density at radius 1 is 1.32 bits per heavy atom. The first-order valence-corrected chi connectivity index (χ1v) is 7.43. The van der Waals surface area contributed by atoms with Crippen molar-refractivity contribution in [1.29, 1.82) is 0 Å². The van der Waals surface area contributed by atoms with Crippen LogP contribution in [-0.4, -0.2) is 31.0 Å². The average Bonchev–Trinajstić information content (AvgIpc) is 2.45. The van der Waals surface area contributed by atoms with Crippen molar-refractivity contribution in [2.75, 3.05) is 7.11 Å². The highest BCUT2D eigenvalue weighted by Gasteiger charge is 2.48. The van der Waals surface area contributed by atoms with Gasteiger partial charge < -0.3 is 8.92 Å². The Kier molecular flexibility index (Phi) is 4.14. The maximum atomic E-state index is 12.4. The highest BCUT2D eigenvalue weighted by atomic mass is 32.2. The maximum Gasteiger partial charge on any atom is 0.534 e. The number of aromatic nitrogens is 2. The van der Waals surface area contributed by atoms with E-state index in [2.05, 4.69) is 14.2 Å². The van der Waals surface area contributed by atoms with Gasteiger partial charge in [0, 0.05) is 18.0 Å². The van der Waals surface area contributed by atoms with Gasteiger partial charge in [-0.2, -0.15) is 21.6 Å². The van der Waals surface area contributed by atoms with Crippen LogP contribution in [-0.2, 0) is 16.5 Å². The zero-order valence-corrected chi connectivity index (χ0v) is 12.3. The smallest absolute Gasteiger partial charge is 0.479 e. The predicted molar refractivity (Wildman–Crippen MR) is 71.1 cm³/mol. The number of methoxy groups -OCH3 is 1. The molecule has 10 heteroatoms. The molecule has 0 fully saturated rings. The Balaban J connectivity index is 2.65. The Morgan fingerprint density at radius 3 is 2.55 bits per heavy atom. The highest BCUT2D eigenvalue weighted by molar-refractivity contribution is 7.88. The SMILES string of the molecule is CCc1cc2c(OS(=O)(=O)C(F)(F)F)ccnc2c(OC)n1. The molecule has 0 N–H and O–H groups in total. The minimum Gasteiger partial charge on any atom is -0.479 e. The van der Waals surface area contributed by atoms with Crippen molar-refractivity contribution in [2.24, 2.45) is 0 Å². The van der Waals surface area contributed by atoms with Crippen LogP contribution in [0.2, 0.25) is 0 Å². The largest absolute Gasteiger partial charge is 0.534 e. The minimum atomic E-state index is -5.77. The molecule has 0 bridgehead atoms. The van der Waals surface area contributed by atoms with Gasteiger partial charge in [0.15, 0.2) is 5.75 Å². The highest BCUT2D eigenvalue weighted by Crippen LogP contribution is 2.33. The van der Waals surface area contributed by atoms with Crippen LogP contribution in [0.5, 0.6) is 11.6 Å². The summed E-state index contributed by atoms with van der Waals surface area (Å²) in [6.45, 7) is 1.77. The van der Waals surface area contributed by atoms with E-state index in [0.717, 1.165) is 12.3 Å². The molecular weight excluding hydrogens is 325 g/mol. The molecule has 0 saturated carbocycles. The standard InChI is InChI=1S/C12H11F3N2O4S/c1-3-7-6-8-9(21-22(18,19)12(13,14)15)4-5-16-10(8)11(17-7)20-2/h4-6H,3H2,1-2H3. The fourth-order valence-electron chi connectivity index (χ4n) is 1.71. The third-order valence-electron chi connectivity index (χ3n) is 2.75. The van der Waals surface area contributed by atoms with E-state index in [1.807, 2.05) is 0 Å². The second-order valence-corrected chi connectivity index (χ2v) is 5.70. The molecule has 0 unspecified atom stereocenters. The van der Waals surface area contributed by atoms with E-state index in [0.29, 0.717) is 12.1 Å². The molecule has 2 aromatic rings. The molecule has 0 aliphatic heterocycles. The zero-order chi connectivity index (χ0) is 16.5. The molecule has 6 nitrogen and oxygen atoms in total. The molecule has 0 saturated heterocycles. The average molecular weight is 336 g/mol. The van der Waals surface area contributed by atoms with E-state index >= 15 is 0 Å². The lowest BCUT2D eigenvalue weighted by Gasteiger charge is -2.12. The second kappa shape index (κ2) is 5.59. The van der Waals surface area contributed by atoms with E-state index in [1.165, 1.54) is 13.2 Å². The summed E-state index contributed by atoms with van der Waals surface area (Å²) in [4.78, 5) is 8.05. The van der Waals surface area contributed by atoms with Crippen LogP contribution in [0.1, 0.15) is 12.6 Å². The summed E-state index contributed by atoms with van der Waals surface area (Å²) >= 11 is 0. The van der Waals surface area contributed by atoms with Crippen molar-refractivity contribution in [2.45, 2.75) is 18.9 Å². The van der Waals surface area contributed by atoms with Crippen LogP contribution in [0, 0.1) is 0 Å². The number of nitrogens with zero attached hydrogens (tertiary/aromatic N) is 2. The summed E-state index contributed by atoms with van der Waals surface area (Å²) in [7, 11) is -4.45. The molecule has 2 aromatic heterocycles. The lowest BCUT2D eigenvalue weighted by molar-refractivity contribution is -0.0499. The summed E-state index contributed by atoms with van der Waals surface area (Å²) in [6, 6.07) is 2.44. The third-order valence-corrected chi connectivity index (χ3v) is 3.71. The van der Waals surface area contributed by atoms with Gasteiger partial charge in [0.2, 0.25) is 5.88 Å². The first kappa shape index (κ1) is 16.3. The summed E-state index contributed by atoms with van der Waals surface area (Å²) in [5, 5.41) is 0.0685. The van der Waals surface area contributed by atoms with Crippen molar-refractivity contribution < 1.29 is 30.5 Å². The van der Waals surface area contributed by atoms with E-state index in [4.69, 9.17) is 4.74 Å². The van der Waals surface area contributed by atoms with Gasteiger partial charge in [-0.1, -0.05) is 6.92 Å². The van der Waals surface area contributed by atoms with Crippen LogP contribution in [0.4, 0.5) is 13.2 Å². The zero-order valence-electron chi connectivity index (χ0n) is 11.5. The lowest BCUT2D eigenvalue weighted by Crippen LogP contribution is -2.28. The minimum absolute atomic E-state index is 0.0685. The summed E-state index contributed by atoms with van der Waals surface area (Å²) < 4.78 is 68.9. The molecule has 0 aliphatic carbocycles. The Labute approximate surface area is 124 Å². The third kappa shape index (κ3) is 2.91. The molecule has 0 amide bonds. The summed E-state index contributed by atoms with van der Waals surface area (Å²) in [6.07, 6.45) is 1.58. The van der Waals surface area contributed by atoms with Crippen molar-refractivity contribution in [1.82, 2.24) is 9.97 Å². The van der Waals surface area contributed by atoms with Gasteiger partial charge in [-0.25, -0.2) is 4.98 Å². The van der Waals surface area contributed by atoms with Crippen molar-refractivity contribution >= 4 is 21.0 Å². The van der Waals surface area contributed by atoms with Gasteiger partial charge in [-0.15, -0.1) is 0 Å². The van der Waals surface area contributed by atoms with Crippen molar-refractivity contribution in [3.63, 3.8) is 0 Å². The maximum absolute atomic E-state index is 12.4. The Hall–Kier alpha value is -2.10. The first-order chi connectivity index (χ1) is 10.2. The van der Waals surface area contributed by atoms with Crippen LogP contribution >= 0.6 is 0 Å². The Bertz CT molecular complexity index is 806.